The standard InChI is InChI=1S/C9H16N4/c1-13-7-11-12-9(13)5-6-10-8-3-2-4-8/h7-8,10H,2-6H2,1H3. The molecule has 0 aromatic carbocycles. The summed E-state index contributed by atoms with van der Waals surface area (Å²) in [4.78, 5) is 0. The highest BCUT2D eigenvalue weighted by atomic mass is 15.2. The van der Waals surface area contributed by atoms with E-state index in [1.54, 1.807) is 6.33 Å². The van der Waals surface area contributed by atoms with Gasteiger partial charge in [-0.3, -0.25) is 0 Å². The largest absolute Gasteiger partial charge is 0.321 e. The second-order valence-corrected chi connectivity index (χ2v) is 3.69. The van der Waals surface area contributed by atoms with Crippen LogP contribution in [0.25, 0.3) is 0 Å². The van der Waals surface area contributed by atoms with Crippen LogP contribution in [0.4, 0.5) is 0 Å². The van der Waals surface area contributed by atoms with Gasteiger partial charge in [0.05, 0.1) is 0 Å². The van der Waals surface area contributed by atoms with E-state index in [2.05, 4.69) is 15.5 Å². The number of hydrogen-bond donors (Lipinski definition) is 1. The van der Waals surface area contributed by atoms with Gasteiger partial charge < -0.3 is 9.88 Å². The normalized spacial score (nSPS) is 17.3. The topological polar surface area (TPSA) is 42.7 Å². The molecule has 1 aliphatic carbocycles. The molecular weight excluding hydrogens is 164 g/mol. The van der Waals surface area contributed by atoms with Crippen molar-refractivity contribution < 1.29 is 0 Å². The average Bonchev–Trinajstić information content (AvgIpc) is 2.42. The maximum Gasteiger partial charge on any atom is 0.133 e. The Morgan fingerprint density at radius 2 is 2.46 bits per heavy atom. The minimum atomic E-state index is 0.772. The second-order valence-electron chi connectivity index (χ2n) is 3.69. The third-order valence-corrected chi connectivity index (χ3v) is 2.69. The SMILES string of the molecule is Cn1cnnc1CCNC1CCC1. The first-order valence-corrected chi connectivity index (χ1v) is 4.92. The van der Waals surface area contributed by atoms with Crippen LogP contribution in [0.5, 0.6) is 0 Å². The zero-order valence-corrected chi connectivity index (χ0v) is 8.03. The summed E-state index contributed by atoms with van der Waals surface area (Å²) in [6, 6.07) is 0.772. The van der Waals surface area contributed by atoms with Crippen LogP contribution in [-0.4, -0.2) is 27.4 Å². The van der Waals surface area contributed by atoms with Gasteiger partial charge in [-0.2, -0.15) is 0 Å². The highest BCUT2D eigenvalue weighted by Gasteiger charge is 2.15. The maximum absolute atomic E-state index is 4.03. The van der Waals surface area contributed by atoms with Crippen molar-refractivity contribution in [2.45, 2.75) is 31.7 Å². The Kier molecular flexibility index (Phi) is 2.59. The lowest BCUT2D eigenvalue weighted by Crippen LogP contribution is -2.36. The number of rotatable bonds is 4. The van der Waals surface area contributed by atoms with Gasteiger partial charge in [0.1, 0.15) is 12.2 Å². The summed E-state index contributed by atoms with van der Waals surface area (Å²) in [5, 5.41) is 11.4. The van der Waals surface area contributed by atoms with E-state index in [0.29, 0.717) is 0 Å². The van der Waals surface area contributed by atoms with Gasteiger partial charge in [0.15, 0.2) is 0 Å². The fourth-order valence-electron chi connectivity index (χ4n) is 1.53. The number of nitrogens with one attached hydrogen (secondary N) is 1. The highest BCUT2D eigenvalue weighted by Crippen LogP contribution is 2.17. The lowest BCUT2D eigenvalue weighted by molar-refractivity contribution is 0.341. The van der Waals surface area contributed by atoms with Crippen molar-refractivity contribution in [3.63, 3.8) is 0 Å². The Bertz CT molecular complexity index is 264. The summed E-state index contributed by atoms with van der Waals surface area (Å²) in [7, 11) is 1.98. The average molecular weight is 180 g/mol. The molecule has 72 valence electrons. The van der Waals surface area contributed by atoms with Crippen molar-refractivity contribution in [2.24, 2.45) is 7.05 Å². The highest BCUT2D eigenvalue weighted by molar-refractivity contribution is 4.86. The Balaban J connectivity index is 1.70. The van der Waals surface area contributed by atoms with Gasteiger partial charge in [0, 0.05) is 26.1 Å². The molecule has 0 atom stereocenters. The van der Waals surface area contributed by atoms with Crippen LogP contribution >= 0.6 is 0 Å². The minimum absolute atomic E-state index is 0.772. The molecule has 1 saturated carbocycles. The molecule has 0 bridgehead atoms. The van der Waals surface area contributed by atoms with Gasteiger partial charge in [-0.15, -0.1) is 10.2 Å². The number of aromatic nitrogens is 3. The number of aryl methyl sites for hydroxylation is 1. The van der Waals surface area contributed by atoms with E-state index in [-0.39, 0.29) is 0 Å². The first-order chi connectivity index (χ1) is 6.36. The van der Waals surface area contributed by atoms with E-state index in [4.69, 9.17) is 0 Å². The molecule has 0 radical (unpaired) electrons. The molecule has 0 aliphatic heterocycles. The van der Waals surface area contributed by atoms with Crippen LogP contribution in [0.2, 0.25) is 0 Å². The molecule has 1 fully saturated rings. The molecule has 2 rings (SSSR count). The first-order valence-electron chi connectivity index (χ1n) is 4.92. The summed E-state index contributed by atoms with van der Waals surface area (Å²) >= 11 is 0. The summed E-state index contributed by atoms with van der Waals surface area (Å²) in [6.45, 7) is 1.02. The summed E-state index contributed by atoms with van der Waals surface area (Å²) in [6.07, 6.45) is 6.81. The van der Waals surface area contributed by atoms with E-state index in [1.165, 1.54) is 19.3 Å². The van der Waals surface area contributed by atoms with Crippen molar-refractivity contribution in [3.05, 3.63) is 12.2 Å². The van der Waals surface area contributed by atoms with Crippen LogP contribution in [-0.2, 0) is 13.5 Å². The van der Waals surface area contributed by atoms with Gasteiger partial charge in [0.25, 0.3) is 0 Å². The van der Waals surface area contributed by atoms with Gasteiger partial charge in [-0.25, -0.2) is 0 Å². The van der Waals surface area contributed by atoms with Crippen molar-refractivity contribution >= 4 is 0 Å². The Morgan fingerprint density at radius 1 is 1.62 bits per heavy atom. The summed E-state index contributed by atoms with van der Waals surface area (Å²) < 4.78 is 1.97. The fraction of sp³-hybridized carbons (Fsp3) is 0.778. The monoisotopic (exact) mass is 180 g/mol. The van der Waals surface area contributed by atoms with Gasteiger partial charge in [0.2, 0.25) is 0 Å². The molecule has 4 nitrogen and oxygen atoms in total. The Labute approximate surface area is 78.4 Å². The smallest absolute Gasteiger partial charge is 0.133 e. The van der Waals surface area contributed by atoms with E-state index in [0.717, 1.165) is 24.8 Å². The van der Waals surface area contributed by atoms with E-state index in [9.17, 15) is 0 Å². The second kappa shape index (κ2) is 3.87. The third-order valence-electron chi connectivity index (χ3n) is 2.69. The molecular formula is C9H16N4. The van der Waals surface area contributed by atoms with Crippen LogP contribution in [0.3, 0.4) is 0 Å². The van der Waals surface area contributed by atoms with Crippen LogP contribution in [0.1, 0.15) is 25.1 Å². The van der Waals surface area contributed by atoms with Gasteiger partial charge in [-0.05, 0) is 12.8 Å². The van der Waals surface area contributed by atoms with Gasteiger partial charge in [-0.1, -0.05) is 6.42 Å². The van der Waals surface area contributed by atoms with Crippen molar-refractivity contribution in [2.75, 3.05) is 6.54 Å². The van der Waals surface area contributed by atoms with E-state index < -0.39 is 0 Å². The van der Waals surface area contributed by atoms with Crippen LogP contribution < -0.4 is 5.32 Å². The van der Waals surface area contributed by atoms with Crippen molar-refractivity contribution in [1.82, 2.24) is 20.1 Å². The molecule has 1 N–H and O–H groups in total. The summed E-state index contributed by atoms with van der Waals surface area (Å²) in [5.74, 6) is 1.06. The zero-order valence-electron chi connectivity index (χ0n) is 8.03. The van der Waals surface area contributed by atoms with Crippen molar-refractivity contribution in [3.8, 4) is 0 Å². The zero-order chi connectivity index (χ0) is 9.10. The van der Waals surface area contributed by atoms with E-state index in [1.807, 2.05) is 11.6 Å². The molecule has 13 heavy (non-hydrogen) atoms. The minimum Gasteiger partial charge on any atom is -0.321 e. The maximum atomic E-state index is 4.03. The molecule has 1 aliphatic rings. The quantitative estimate of drug-likeness (QED) is 0.733. The summed E-state index contributed by atoms with van der Waals surface area (Å²) in [5.41, 5.74) is 0. The predicted octanol–water partition coefficient (Wildman–Crippen LogP) is 0.500. The molecule has 0 spiro atoms. The van der Waals surface area contributed by atoms with Gasteiger partial charge >= 0.3 is 0 Å². The van der Waals surface area contributed by atoms with Crippen molar-refractivity contribution in [1.29, 1.82) is 0 Å². The Morgan fingerprint density at radius 3 is 3.00 bits per heavy atom. The molecule has 4 heteroatoms. The molecule has 0 saturated heterocycles. The van der Waals surface area contributed by atoms with E-state index >= 15 is 0 Å². The van der Waals surface area contributed by atoms with Crippen LogP contribution in [0, 0.1) is 0 Å². The molecule has 1 aromatic rings. The molecule has 1 aromatic heterocycles. The third kappa shape index (κ3) is 2.06. The predicted molar refractivity (Wildman–Crippen MR) is 50.3 cm³/mol. The molecule has 0 amide bonds. The molecule has 1 heterocycles. The fourth-order valence-corrected chi connectivity index (χ4v) is 1.53. The first kappa shape index (κ1) is 8.69. The lowest BCUT2D eigenvalue weighted by atomic mass is 9.93. The lowest BCUT2D eigenvalue weighted by Gasteiger charge is -2.26. The number of hydrogen-bond acceptors (Lipinski definition) is 3. The van der Waals surface area contributed by atoms with Crippen LogP contribution in [0.15, 0.2) is 6.33 Å². The number of nitrogens with zero attached hydrogens (tertiary/aromatic N) is 3. The Hall–Kier alpha value is -0.900. The molecule has 0 unspecified atom stereocenters.